The summed E-state index contributed by atoms with van der Waals surface area (Å²) >= 11 is 22.6. The molecular formula is C15H11Cl3N2O2S. The van der Waals surface area contributed by atoms with Crippen LogP contribution in [-0.2, 0) is 4.79 Å². The summed E-state index contributed by atoms with van der Waals surface area (Å²) in [6, 6.07) is 11.7. The predicted molar refractivity (Wildman–Crippen MR) is 97.8 cm³/mol. The van der Waals surface area contributed by atoms with Crippen LogP contribution in [0.4, 0.5) is 5.69 Å². The van der Waals surface area contributed by atoms with Gasteiger partial charge in [-0.25, -0.2) is 0 Å². The number of anilines is 1. The van der Waals surface area contributed by atoms with Gasteiger partial charge in [-0.2, -0.15) is 0 Å². The van der Waals surface area contributed by atoms with Crippen molar-refractivity contribution >= 4 is 63.7 Å². The Morgan fingerprint density at radius 2 is 1.87 bits per heavy atom. The van der Waals surface area contributed by atoms with Gasteiger partial charge >= 0.3 is 0 Å². The number of carbonyl (C=O) groups is 1. The number of rotatable bonds is 4. The van der Waals surface area contributed by atoms with Crippen LogP contribution in [0.1, 0.15) is 0 Å². The molecule has 23 heavy (non-hydrogen) atoms. The van der Waals surface area contributed by atoms with Crippen molar-refractivity contribution in [1.29, 1.82) is 0 Å². The molecule has 1 amide bonds. The summed E-state index contributed by atoms with van der Waals surface area (Å²) in [6.07, 6.45) is 0. The molecule has 0 saturated carbocycles. The maximum atomic E-state index is 11.8. The van der Waals surface area contributed by atoms with Crippen LogP contribution in [0.15, 0.2) is 42.5 Å². The van der Waals surface area contributed by atoms with Crippen LogP contribution in [-0.4, -0.2) is 17.6 Å². The molecule has 2 aromatic rings. The lowest BCUT2D eigenvalue weighted by atomic mass is 10.3. The van der Waals surface area contributed by atoms with Gasteiger partial charge in [0.25, 0.3) is 5.91 Å². The largest absolute Gasteiger partial charge is 0.484 e. The Balaban J connectivity index is 1.82. The second-order valence-corrected chi connectivity index (χ2v) is 6.04. The average Bonchev–Trinajstić information content (AvgIpc) is 2.49. The van der Waals surface area contributed by atoms with Gasteiger partial charge in [0.15, 0.2) is 11.7 Å². The van der Waals surface area contributed by atoms with Gasteiger partial charge in [0.1, 0.15) is 5.75 Å². The lowest BCUT2D eigenvalue weighted by Gasteiger charge is -2.11. The van der Waals surface area contributed by atoms with Crippen molar-refractivity contribution in [3.63, 3.8) is 0 Å². The van der Waals surface area contributed by atoms with Crippen LogP contribution in [0.3, 0.4) is 0 Å². The number of hydrogen-bond acceptors (Lipinski definition) is 3. The number of ether oxygens (including phenoxy) is 1. The molecule has 0 aromatic heterocycles. The SMILES string of the molecule is O=C(COc1cccc(Cl)c1)NC(=S)Nc1ccc(Cl)c(Cl)c1. The van der Waals surface area contributed by atoms with E-state index >= 15 is 0 Å². The molecule has 120 valence electrons. The Morgan fingerprint density at radius 1 is 1.09 bits per heavy atom. The van der Waals surface area contributed by atoms with Crippen LogP contribution >= 0.6 is 47.0 Å². The van der Waals surface area contributed by atoms with Crippen LogP contribution < -0.4 is 15.4 Å². The van der Waals surface area contributed by atoms with Crippen LogP contribution in [0.25, 0.3) is 0 Å². The summed E-state index contributed by atoms with van der Waals surface area (Å²) in [7, 11) is 0. The van der Waals surface area contributed by atoms with Crippen LogP contribution in [0, 0.1) is 0 Å². The summed E-state index contributed by atoms with van der Waals surface area (Å²) in [4.78, 5) is 11.8. The smallest absolute Gasteiger partial charge is 0.264 e. The fourth-order valence-electron chi connectivity index (χ4n) is 1.60. The van der Waals surface area contributed by atoms with Gasteiger partial charge in [0.2, 0.25) is 0 Å². The monoisotopic (exact) mass is 388 g/mol. The van der Waals surface area contributed by atoms with E-state index in [0.29, 0.717) is 26.5 Å². The van der Waals surface area contributed by atoms with Gasteiger partial charge in [-0.1, -0.05) is 40.9 Å². The minimum atomic E-state index is -0.400. The minimum absolute atomic E-state index is 0.128. The lowest BCUT2D eigenvalue weighted by molar-refractivity contribution is -0.121. The second-order valence-electron chi connectivity index (χ2n) is 4.38. The third-order valence-electron chi connectivity index (χ3n) is 2.60. The number of amides is 1. The van der Waals surface area contributed by atoms with E-state index < -0.39 is 5.91 Å². The molecule has 0 atom stereocenters. The molecule has 2 rings (SSSR count). The van der Waals surface area contributed by atoms with Crippen molar-refractivity contribution in [1.82, 2.24) is 5.32 Å². The fraction of sp³-hybridized carbons (Fsp3) is 0.0667. The van der Waals surface area contributed by atoms with Crippen molar-refractivity contribution in [2.75, 3.05) is 11.9 Å². The standard InChI is InChI=1S/C15H11Cl3N2O2S/c16-9-2-1-3-11(6-9)22-8-14(21)20-15(23)19-10-4-5-12(17)13(18)7-10/h1-7H,8H2,(H2,19,20,21,23). The van der Waals surface area contributed by atoms with Crippen molar-refractivity contribution in [2.24, 2.45) is 0 Å². The first-order chi connectivity index (χ1) is 10.9. The third kappa shape index (κ3) is 5.88. The topological polar surface area (TPSA) is 50.4 Å². The van der Waals surface area contributed by atoms with Gasteiger partial charge < -0.3 is 10.1 Å². The predicted octanol–water partition coefficient (Wildman–Crippen LogP) is 4.54. The zero-order valence-corrected chi connectivity index (χ0v) is 14.7. The first kappa shape index (κ1) is 17.8. The zero-order valence-electron chi connectivity index (χ0n) is 11.6. The summed E-state index contributed by atoms with van der Waals surface area (Å²) in [5, 5.41) is 6.79. The van der Waals surface area contributed by atoms with Gasteiger partial charge in [-0.3, -0.25) is 10.1 Å². The molecule has 8 heteroatoms. The van der Waals surface area contributed by atoms with Gasteiger partial charge in [-0.05, 0) is 48.6 Å². The number of benzene rings is 2. The normalized spacial score (nSPS) is 10.0. The number of carbonyl (C=O) groups excluding carboxylic acids is 1. The highest BCUT2D eigenvalue weighted by atomic mass is 35.5. The van der Waals surface area contributed by atoms with E-state index in [1.807, 2.05) is 0 Å². The highest BCUT2D eigenvalue weighted by Gasteiger charge is 2.07. The molecular weight excluding hydrogens is 379 g/mol. The summed E-state index contributed by atoms with van der Waals surface area (Å²) in [6.45, 7) is -0.191. The second kappa shape index (κ2) is 8.36. The summed E-state index contributed by atoms with van der Waals surface area (Å²) in [5.41, 5.74) is 0.612. The molecule has 0 aliphatic heterocycles. The van der Waals surface area contributed by atoms with Crippen LogP contribution in [0.5, 0.6) is 5.75 Å². The Hall–Kier alpha value is -1.53. The molecule has 0 saturated heterocycles. The van der Waals surface area contributed by atoms with Crippen molar-refractivity contribution in [2.45, 2.75) is 0 Å². The Kier molecular flexibility index (Phi) is 6.47. The molecule has 0 spiro atoms. The lowest BCUT2D eigenvalue weighted by Crippen LogP contribution is -2.37. The zero-order chi connectivity index (χ0) is 16.8. The summed E-state index contributed by atoms with van der Waals surface area (Å²) < 4.78 is 5.31. The highest BCUT2D eigenvalue weighted by Crippen LogP contribution is 2.24. The van der Waals surface area contributed by atoms with Gasteiger partial charge in [-0.15, -0.1) is 0 Å². The van der Waals surface area contributed by atoms with E-state index in [2.05, 4.69) is 10.6 Å². The highest BCUT2D eigenvalue weighted by molar-refractivity contribution is 7.80. The first-order valence-corrected chi connectivity index (χ1v) is 7.92. The molecule has 4 nitrogen and oxygen atoms in total. The third-order valence-corrected chi connectivity index (χ3v) is 3.77. The van der Waals surface area contributed by atoms with Crippen molar-refractivity contribution in [3.8, 4) is 5.75 Å². The maximum absolute atomic E-state index is 11.8. The van der Waals surface area contributed by atoms with Gasteiger partial charge in [0, 0.05) is 10.7 Å². The molecule has 0 radical (unpaired) electrons. The Bertz CT molecular complexity index is 740. The Morgan fingerprint density at radius 3 is 2.57 bits per heavy atom. The minimum Gasteiger partial charge on any atom is -0.484 e. The molecule has 0 heterocycles. The van der Waals surface area contributed by atoms with Crippen molar-refractivity contribution in [3.05, 3.63) is 57.5 Å². The molecule has 2 aromatic carbocycles. The van der Waals surface area contributed by atoms with E-state index in [-0.39, 0.29) is 11.7 Å². The summed E-state index contributed by atoms with van der Waals surface area (Å²) in [5.74, 6) is 0.0959. The fourth-order valence-corrected chi connectivity index (χ4v) is 2.31. The van der Waals surface area contributed by atoms with Gasteiger partial charge in [0.05, 0.1) is 10.0 Å². The molecule has 0 fully saturated rings. The molecule has 0 bridgehead atoms. The average molecular weight is 390 g/mol. The number of halogens is 3. The molecule has 0 aliphatic rings. The van der Waals surface area contributed by atoms with E-state index in [1.165, 1.54) is 0 Å². The first-order valence-electron chi connectivity index (χ1n) is 6.38. The van der Waals surface area contributed by atoms with E-state index in [9.17, 15) is 4.79 Å². The molecule has 2 N–H and O–H groups in total. The van der Waals surface area contributed by atoms with Crippen molar-refractivity contribution < 1.29 is 9.53 Å². The molecule has 0 aliphatic carbocycles. The quantitative estimate of drug-likeness (QED) is 0.754. The number of thiocarbonyl (C=S) groups is 1. The van der Waals surface area contributed by atoms with E-state index in [1.54, 1.807) is 42.5 Å². The Labute approximate surface area is 153 Å². The number of hydrogen-bond donors (Lipinski definition) is 2. The van der Waals surface area contributed by atoms with E-state index in [0.717, 1.165) is 0 Å². The van der Waals surface area contributed by atoms with E-state index in [4.69, 9.17) is 51.8 Å². The maximum Gasteiger partial charge on any atom is 0.264 e. The molecule has 0 unspecified atom stereocenters. The van der Waals surface area contributed by atoms with Crippen LogP contribution in [0.2, 0.25) is 15.1 Å². The number of nitrogens with one attached hydrogen (secondary N) is 2.